The van der Waals surface area contributed by atoms with Gasteiger partial charge in [-0.25, -0.2) is 4.39 Å². The fourth-order valence-electron chi connectivity index (χ4n) is 0.882. The van der Waals surface area contributed by atoms with Crippen molar-refractivity contribution in [2.24, 2.45) is 0 Å². The Labute approximate surface area is 81.9 Å². The summed E-state index contributed by atoms with van der Waals surface area (Å²) < 4.78 is 13.0. The smallest absolute Gasteiger partial charge is 0.190 e. The molecule has 0 saturated carbocycles. The highest BCUT2D eigenvalue weighted by molar-refractivity contribution is 6.04. The van der Waals surface area contributed by atoms with Crippen molar-refractivity contribution in [2.75, 3.05) is 14.1 Å². The van der Waals surface area contributed by atoms with Gasteiger partial charge in [0.1, 0.15) is 0 Å². The summed E-state index contributed by atoms with van der Waals surface area (Å²) in [5, 5.41) is 0. The second-order valence-corrected chi connectivity index (χ2v) is 3.00. The molecule has 1 rings (SSSR count). The molecule has 0 radical (unpaired) electrons. The zero-order valence-corrected chi connectivity index (χ0v) is 8.07. The topological polar surface area (TPSA) is 33.2 Å². The number of ketones is 1. The van der Waals surface area contributed by atoms with E-state index < -0.39 is 5.82 Å². The molecule has 0 aromatic carbocycles. The van der Waals surface area contributed by atoms with E-state index in [9.17, 15) is 9.18 Å². The summed E-state index contributed by atoms with van der Waals surface area (Å²) in [4.78, 5) is 16.7. The van der Waals surface area contributed by atoms with E-state index in [4.69, 9.17) is 0 Å². The number of allylic oxidation sites excluding steroid dienone is 1. The number of pyridine rings is 1. The second-order valence-electron chi connectivity index (χ2n) is 3.00. The van der Waals surface area contributed by atoms with Gasteiger partial charge in [-0.2, -0.15) is 0 Å². The van der Waals surface area contributed by atoms with Crippen molar-refractivity contribution in [3.8, 4) is 0 Å². The molecule has 0 atom stereocenters. The molecule has 0 unspecified atom stereocenters. The molecule has 1 aromatic heterocycles. The van der Waals surface area contributed by atoms with Gasteiger partial charge in [0.15, 0.2) is 11.6 Å². The van der Waals surface area contributed by atoms with E-state index in [1.165, 1.54) is 18.3 Å². The van der Waals surface area contributed by atoms with E-state index in [1.54, 1.807) is 25.2 Å². The van der Waals surface area contributed by atoms with Crippen LogP contribution in [0.5, 0.6) is 0 Å². The summed E-state index contributed by atoms with van der Waals surface area (Å²) in [5.41, 5.74) is 0.0399. The number of hydrogen-bond acceptors (Lipinski definition) is 3. The highest BCUT2D eigenvalue weighted by Gasteiger charge is 2.07. The second kappa shape index (κ2) is 4.50. The third kappa shape index (κ3) is 2.65. The standard InChI is InChI=1S/C10H11FN2O/c1-13(2)6-4-10(14)8-3-5-12-7-9(8)11/h3-7H,1-2H3. The first-order valence-electron chi connectivity index (χ1n) is 4.09. The molecule has 74 valence electrons. The molecule has 1 heterocycles. The van der Waals surface area contributed by atoms with Gasteiger partial charge in [0.2, 0.25) is 0 Å². The molecular weight excluding hydrogens is 183 g/mol. The normalized spacial score (nSPS) is 10.5. The molecule has 0 aliphatic heterocycles. The van der Waals surface area contributed by atoms with Crippen molar-refractivity contribution in [3.63, 3.8) is 0 Å². The Balaban J connectivity index is 2.85. The highest BCUT2D eigenvalue weighted by Crippen LogP contribution is 2.05. The van der Waals surface area contributed by atoms with E-state index in [1.807, 2.05) is 0 Å². The lowest BCUT2D eigenvalue weighted by Gasteiger charge is -2.02. The van der Waals surface area contributed by atoms with Gasteiger partial charge in [-0.15, -0.1) is 0 Å². The predicted molar refractivity (Wildman–Crippen MR) is 51.4 cm³/mol. The molecule has 0 aliphatic carbocycles. The summed E-state index contributed by atoms with van der Waals surface area (Å²) in [6.07, 6.45) is 5.30. The molecular formula is C10H11FN2O. The Morgan fingerprint density at radius 1 is 1.57 bits per heavy atom. The minimum absolute atomic E-state index is 0.0399. The fourth-order valence-corrected chi connectivity index (χ4v) is 0.882. The highest BCUT2D eigenvalue weighted by atomic mass is 19.1. The van der Waals surface area contributed by atoms with Crippen LogP contribution in [-0.4, -0.2) is 29.8 Å². The first-order valence-corrected chi connectivity index (χ1v) is 4.09. The molecule has 0 bridgehead atoms. The summed E-state index contributed by atoms with van der Waals surface area (Å²) in [6.45, 7) is 0. The van der Waals surface area contributed by atoms with E-state index in [0.717, 1.165) is 6.20 Å². The van der Waals surface area contributed by atoms with Gasteiger partial charge >= 0.3 is 0 Å². The molecule has 0 aliphatic rings. The Morgan fingerprint density at radius 3 is 2.86 bits per heavy atom. The van der Waals surface area contributed by atoms with Crippen LogP contribution in [-0.2, 0) is 0 Å². The zero-order chi connectivity index (χ0) is 10.6. The van der Waals surface area contributed by atoms with Gasteiger partial charge in [0.05, 0.1) is 11.8 Å². The van der Waals surface area contributed by atoms with Crippen LogP contribution in [0.15, 0.2) is 30.7 Å². The molecule has 0 amide bonds. The van der Waals surface area contributed by atoms with Crippen LogP contribution in [0.2, 0.25) is 0 Å². The number of halogens is 1. The monoisotopic (exact) mass is 194 g/mol. The molecule has 1 aromatic rings. The molecule has 0 spiro atoms. The summed E-state index contributed by atoms with van der Waals surface area (Å²) in [6, 6.07) is 1.36. The van der Waals surface area contributed by atoms with Crippen LogP contribution in [0, 0.1) is 5.82 Å². The number of carbonyl (C=O) groups excluding carboxylic acids is 1. The summed E-state index contributed by atoms with van der Waals surface area (Å²) in [7, 11) is 3.57. The minimum atomic E-state index is -0.596. The van der Waals surface area contributed by atoms with Crippen LogP contribution in [0.3, 0.4) is 0 Å². The maximum absolute atomic E-state index is 13.0. The fraction of sp³-hybridized carbons (Fsp3) is 0.200. The predicted octanol–water partition coefficient (Wildman–Crippen LogP) is 1.48. The number of nitrogens with zero attached hydrogens (tertiary/aromatic N) is 2. The maximum atomic E-state index is 13.0. The number of rotatable bonds is 3. The van der Waals surface area contributed by atoms with Crippen molar-refractivity contribution in [1.82, 2.24) is 9.88 Å². The lowest BCUT2D eigenvalue weighted by Crippen LogP contribution is -2.04. The lowest BCUT2D eigenvalue weighted by molar-refractivity contribution is 0.104. The van der Waals surface area contributed by atoms with Crippen molar-refractivity contribution in [1.29, 1.82) is 0 Å². The van der Waals surface area contributed by atoms with E-state index in [-0.39, 0.29) is 11.3 Å². The third-order valence-electron chi connectivity index (χ3n) is 1.56. The molecule has 0 fully saturated rings. The molecule has 14 heavy (non-hydrogen) atoms. The summed E-state index contributed by atoms with van der Waals surface area (Å²) >= 11 is 0. The molecule has 4 heteroatoms. The van der Waals surface area contributed by atoms with Crippen LogP contribution in [0.4, 0.5) is 4.39 Å². The number of carbonyl (C=O) groups is 1. The minimum Gasteiger partial charge on any atom is -0.383 e. The quantitative estimate of drug-likeness (QED) is 0.539. The van der Waals surface area contributed by atoms with Crippen molar-refractivity contribution < 1.29 is 9.18 Å². The Morgan fingerprint density at radius 2 is 2.29 bits per heavy atom. The third-order valence-corrected chi connectivity index (χ3v) is 1.56. The molecule has 0 saturated heterocycles. The van der Waals surface area contributed by atoms with Crippen LogP contribution >= 0.6 is 0 Å². The number of hydrogen-bond donors (Lipinski definition) is 0. The zero-order valence-electron chi connectivity index (χ0n) is 8.07. The Hall–Kier alpha value is -1.71. The first-order chi connectivity index (χ1) is 6.61. The van der Waals surface area contributed by atoms with Gasteiger partial charge < -0.3 is 4.90 Å². The SMILES string of the molecule is CN(C)C=CC(=O)c1ccncc1F. The van der Waals surface area contributed by atoms with Gasteiger partial charge in [-0.1, -0.05) is 0 Å². The van der Waals surface area contributed by atoms with Gasteiger partial charge in [-0.05, 0) is 6.07 Å². The van der Waals surface area contributed by atoms with E-state index in [0.29, 0.717) is 0 Å². The van der Waals surface area contributed by atoms with E-state index >= 15 is 0 Å². The maximum Gasteiger partial charge on any atom is 0.190 e. The Bertz CT molecular complexity index is 361. The molecule has 3 nitrogen and oxygen atoms in total. The molecule has 0 N–H and O–H groups in total. The Kier molecular flexibility index (Phi) is 3.34. The van der Waals surface area contributed by atoms with Gasteiger partial charge in [0, 0.05) is 32.6 Å². The van der Waals surface area contributed by atoms with Crippen LogP contribution < -0.4 is 0 Å². The van der Waals surface area contributed by atoms with Crippen LogP contribution in [0.1, 0.15) is 10.4 Å². The first kappa shape index (κ1) is 10.4. The van der Waals surface area contributed by atoms with Crippen molar-refractivity contribution in [3.05, 3.63) is 42.1 Å². The van der Waals surface area contributed by atoms with Crippen molar-refractivity contribution in [2.45, 2.75) is 0 Å². The average Bonchev–Trinajstić information content (AvgIpc) is 2.15. The van der Waals surface area contributed by atoms with Crippen LogP contribution in [0.25, 0.3) is 0 Å². The van der Waals surface area contributed by atoms with Gasteiger partial charge in [-0.3, -0.25) is 9.78 Å². The lowest BCUT2D eigenvalue weighted by atomic mass is 10.1. The summed E-state index contributed by atoms with van der Waals surface area (Å²) in [5.74, 6) is -0.959. The average molecular weight is 194 g/mol. The van der Waals surface area contributed by atoms with Gasteiger partial charge in [0.25, 0.3) is 0 Å². The largest absolute Gasteiger partial charge is 0.383 e. The van der Waals surface area contributed by atoms with E-state index in [2.05, 4.69) is 4.98 Å². The number of aromatic nitrogens is 1. The van der Waals surface area contributed by atoms with Crippen molar-refractivity contribution >= 4 is 5.78 Å².